The Morgan fingerprint density at radius 1 is 1.15 bits per heavy atom. The lowest BCUT2D eigenvalue weighted by Crippen LogP contribution is -2.35. The van der Waals surface area contributed by atoms with Crippen LogP contribution in [0.1, 0.15) is 23.7 Å². The molecule has 26 heavy (non-hydrogen) atoms. The molecule has 0 aliphatic carbocycles. The van der Waals surface area contributed by atoms with Crippen LogP contribution in [-0.4, -0.2) is 23.1 Å². The molecule has 0 saturated carbocycles. The van der Waals surface area contributed by atoms with Crippen LogP contribution < -0.4 is 5.32 Å². The minimum absolute atomic E-state index is 0.0490. The number of carbonyl (C=O) groups excluding carboxylic acids is 2. The minimum atomic E-state index is -0.883. The normalized spacial score (nSPS) is 11.9. The van der Waals surface area contributed by atoms with Gasteiger partial charge in [-0.05, 0) is 31.5 Å². The predicted molar refractivity (Wildman–Crippen MR) is 96.3 cm³/mol. The smallest absolute Gasteiger partial charge is 0.312 e. The molecule has 0 saturated heterocycles. The first-order valence-corrected chi connectivity index (χ1v) is 8.39. The Hall–Kier alpha value is -3.15. The van der Waals surface area contributed by atoms with Crippen molar-refractivity contribution in [1.29, 1.82) is 0 Å². The van der Waals surface area contributed by atoms with Crippen LogP contribution in [0.15, 0.2) is 53.1 Å². The fourth-order valence-electron chi connectivity index (χ4n) is 2.53. The third-order valence-corrected chi connectivity index (χ3v) is 4.03. The molecule has 1 atom stereocenters. The number of aryl methyl sites for hydroxylation is 1. The maximum Gasteiger partial charge on any atom is 0.312 e. The predicted octanol–water partition coefficient (Wildman–Crippen LogP) is 2.93. The van der Waals surface area contributed by atoms with Gasteiger partial charge in [0.25, 0.3) is 5.91 Å². The number of esters is 1. The number of para-hydroxylation sites is 1. The Morgan fingerprint density at radius 3 is 2.65 bits per heavy atom. The lowest BCUT2D eigenvalue weighted by Gasteiger charge is -2.13. The van der Waals surface area contributed by atoms with Gasteiger partial charge >= 0.3 is 5.97 Å². The zero-order chi connectivity index (χ0) is 18.5. The van der Waals surface area contributed by atoms with Crippen LogP contribution in [0.4, 0.5) is 0 Å². The zero-order valence-electron chi connectivity index (χ0n) is 14.7. The molecule has 0 aliphatic rings. The molecule has 1 N–H and O–H groups in total. The quantitative estimate of drug-likeness (QED) is 0.690. The second-order valence-electron chi connectivity index (χ2n) is 6.14. The van der Waals surface area contributed by atoms with Gasteiger partial charge in [0, 0.05) is 11.9 Å². The van der Waals surface area contributed by atoms with Gasteiger partial charge in [-0.1, -0.05) is 47.1 Å². The fraction of sp³-hybridized carbons (Fsp3) is 0.250. The van der Waals surface area contributed by atoms with Crippen molar-refractivity contribution in [3.8, 4) is 0 Å². The number of nitrogens with one attached hydrogen (secondary N) is 1. The summed E-state index contributed by atoms with van der Waals surface area (Å²) in [4.78, 5) is 24.2. The lowest BCUT2D eigenvalue weighted by molar-refractivity contribution is -0.154. The van der Waals surface area contributed by atoms with E-state index in [0.29, 0.717) is 17.8 Å². The molecule has 6 heteroatoms. The van der Waals surface area contributed by atoms with Crippen molar-refractivity contribution in [3.63, 3.8) is 0 Å². The van der Waals surface area contributed by atoms with Crippen molar-refractivity contribution in [2.24, 2.45) is 0 Å². The maximum absolute atomic E-state index is 12.1. The van der Waals surface area contributed by atoms with Gasteiger partial charge in [0.15, 0.2) is 11.7 Å². The van der Waals surface area contributed by atoms with Gasteiger partial charge in [-0.2, -0.15) is 0 Å². The zero-order valence-corrected chi connectivity index (χ0v) is 14.7. The molecule has 6 nitrogen and oxygen atoms in total. The highest BCUT2D eigenvalue weighted by atomic mass is 16.5. The Labute approximate surface area is 151 Å². The summed E-state index contributed by atoms with van der Waals surface area (Å²) in [5.41, 5.74) is 3.25. The topological polar surface area (TPSA) is 81.4 Å². The van der Waals surface area contributed by atoms with E-state index < -0.39 is 12.1 Å². The van der Waals surface area contributed by atoms with E-state index >= 15 is 0 Å². The highest BCUT2D eigenvalue weighted by Crippen LogP contribution is 2.18. The number of nitrogens with zero attached hydrogens (tertiary/aromatic N) is 1. The summed E-state index contributed by atoms with van der Waals surface area (Å²) in [6, 6.07) is 15.1. The van der Waals surface area contributed by atoms with Crippen LogP contribution in [-0.2, 0) is 27.3 Å². The summed E-state index contributed by atoms with van der Waals surface area (Å²) in [7, 11) is 0. The SMILES string of the molecule is Cc1ccc(CNC(=O)[C@@H](C)OC(=O)Cc2noc3ccccc23)cc1. The summed E-state index contributed by atoms with van der Waals surface area (Å²) >= 11 is 0. The first-order chi connectivity index (χ1) is 12.5. The Bertz CT molecular complexity index is 915. The summed E-state index contributed by atoms with van der Waals surface area (Å²) in [6.07, 6.45) is -0.932. The largest absolute Gasteiger partial charge is 0.452 e. The molecule has 0 unspecified atom stereocenters. The molecular weight excluding hydrogens is 332 g/mol. The summed E-state index contributed by atoms with van der Waals surface area (Å²) in [5.74, 6) is -0.869. The number of amides is 1. The van der Waals surface area contributed by atoms with Crippen molar-refractivity contribution in [1.82, 2.24) is 10.5 Å². The lowest BCUT2D eigenvalue weighted by atomic mass is 10.1. The number of hydrogen-bond donors (Lipinski definition) is 1. The summed E-state index contributed by atoms with van der Waals surface area (Å²) < 4.78 is 10.4. The van der Waals surface area contributed by atoms with Crippen molar-refractivity contribution in [2.75, 3.05) is 0 Å². The molecule has 0 fully saturated rings. The van der Waals surface area contributed by atoms with Crippen LogP contribution in [0.2, 0.25) is 0 Å². The highest BCUT2D eigenvalue weighted by molar-refractivity contribution is 5.86. The minimum Gasteiger partial charge on any atom is -0.452 e. The van der Waals surface area contributed by atoms with Gasteiger partial charge in [-0.3, -0.25) is 9.59 Å². The van der Waals surface area contributed by atoms with E-state index in [4.69, 9.17) is 9.26 Å². The van der Waals surface area contributed by atoms with Crippen LogP contribution in [0.3, 0.4) is 0 Å². The van der Waals surface area contributed by atoms with Crippen LogP contribution >= 0.6 is 0 Å². The van der Waals surface area contributed by atoms with E-state index in [1.54, 1.807) is 13.0 Å². The summed E-state index contributed by atoms with van der Waals surface area (Å²) in [6.45, 7) is 3.93. The Kier molecular flexibility index (Phi) is 5.31. The van der Waals surface area contributed by atoms with E-state index in [0.717, 1.165) is 16.5 Å². The highest BCUT2D eigenvalue weighted by Gasteiger charge is 2.19. The molecule has 134 valence electrons. The van der Waals surface area contributed by atoms with E-state index in [9.17, 15) is 9.59 Å². The van der Waals surface area contributed by atoms with E-state index in [1.165, 1.54) is 0 Å². The first kappa shape index (κ1) is 17.7. The van der Waals surface area contributed by atoms with Crippen LogP contribution in [0, 0.1) is 6.92 Å². The molecule has 2 aromatic carbocycles. The van der Waals surface area contributed by atoms with Crippen molar-refractivity contribution in [2.45, 2.75) is 32.9 Å². The van der Waals surface area contributed by atoms with Gasteiger partial charge in [0.05, 0.1) is 6.42 Å². The molecule has 0 bridgehead atoms. The van der Waals surface area contributed by atoms with Gasteiger partial charge < -0.3 is 14.6 Å². The van der Waals surface area contributed by atoms with Gasteiger partial charge in [-0.15, -0.1) is 0 Å². The summed E-state index contributed by atoms with van der Waals surface area (Å²) in [5, 5.41) is 7.42. The number of carbonyl (C=O) groups is 2. The second-order valence-corrected chi connectivity index (χ2v) is 6.14. The van der Waals surface area contributed by atoms with E-state index in [2.05, 4.69) is 10.5 Å². The van der Waals surface area contributed by atoms with Crippen molar-refractivity contribution < 1.29 is 18.8 Å². The van der Waals surface area contributed by atoms with Crippen molar-refractivity contribution in [3.05, 3.63) is 65.4 Å². The number of hydrogen-bond acceptors (Lipinski definition) is 5. The van der Waals surface area contributed by atoms with E-state index in [-0.39, 0.29) is 12.3 Å². The average Bonchev–Trinajstić information content (AvgIpc) is 3.04. The molecule has 3 aromatic rings. The number of fused-ring (bicyclic) bond motifs is 1. The molecule has 1 heterocycles. The van der Waals surface area contributed by atoms with Gasteiger partial charge in [0.1, 0.15) is 5.69 Å². The third-order valence-electron chi connectivity index (χ3n) is 4.03. The number of ether oxygens (including phenoxy) is 1. The Balaban J connectivity index is 1.51. The van der Waals surface area contributed by atoms with Gasteiger partial charge in [0.2, 0.25) is 0 Å². The van der Waals surface area contributed by atoms with Crippen molar-refractivity contribution >= 4 is 22.8 Å². The number of aromatic nitrogens is 1. The van der Waals surface area contributed by atoms with E-state index in [1.807, 2.05) is 49.4 Å². The second kappa shape index (κ2) is 7.82. The fourth-order valence-corrected chi connectivity index (χ4v) is 2.53. The monoisotopic (exact) mass is 352 g/mol. The van der Waals surface area contributed by atoms with Gasteiger partial charge in [-0.25, -0.2) is 0 Å². The molecule has 3 rings (SSSR count). The molecule has 0 aliphatic heterocycles. The molecule has 1 aromatic heterocycles. The molecule has 0 spiro atoms. The molecule has 1 amide bonds. The molecule has 0 radical (unpaired) electrons. The maximum atomic E-state index is 12.1. The third kappa shape index (κ3) is 4.27. The Morgan fingerprint density at radius 2 is 1.88 bits per heavy atom. The van der Waals surface area contributed by atoms with Crippen LogP contribution in [0.25, 0.3) is 11.0 Å². The average molecular weight is 352 g/mol. The first-order valence-electron chi connectivity index (χ1n) is 8.39. The van der Waals surface area contributed by atoms with Crippen LogP contribution in [0.5, 0.6) is 0 Å². The number of benzene rings is 2. The standard InChI is InChI=1S/C20H20N2O4/c1-13-7-9-15(10-8-13)12-21-20(24)14(2)25-19(23)11-17-16-5-3-4-6-18(16)26-22-17/h3-10,14H,11-12H2,1-2H3,(H,21,24)/t14-/m1/s1. The molecular formula is C20H20N2O4. The number of rotatable bonds is 6.